The van der Waals surface area contributed by atoms with Crippen LogP contribution in [0.3, 0.4) is 0 Å². The summed E-state index contributed by atoms with van der Waals surface area (Å²) in [5, 5.41) is 10.8. The molecule has 5 nitrogen and oxygen atoms in total. The van der Waals surface area contributed by atoms with E-state index in [1.807, 2.05) is 11.0 Å². The van der Waals surface area contributed by atoms with Gasteiger partial charge in [0.2, 0.25) is 0 Å². The summed E-state index contributed by atoms with van der Waals surface area (Å²) < 4.78 is 0. The van der Waals surface area contributed by atoms with Crippen LogP contribution < -0.4 is 10.5 Å². The first kappa shape index (κ1) is 14.4. The summed E-state index contributed by atoms with van der Waals surface area (Å²) in [6.07, 6.45) is 4.22. The number of H-pyrrole nitrogens is 1. The molecule has 6 heteroatoms. The molecular weight excluding hydrogens is 272 g/mol. The molecule has 0 bridgehead atoms. The van der Waals surface area contributed by atoms with Crippen LogP contribution in [0.1, 0.15) is 24.2 Å². The SMILES string of the molecule is C=C/C(=C\S)Cc1nc(N2CCCC2)c(C#N)c(=O)[nH]1. The van der Waals surface area contributed by atoms with E-state index >= 15 is 0 Å². The average Bonchev–Trinajstić information content (AvgIpc) is 2.98. The average molecular weight is 288 g/mol. The van der Waals surface area contributed by atoms with Crippen LogP contribution in [0.15, 0.2) is 28.4 Å². The molecule has 0 amide bonds. The van der Waals surface area contributed by atoms with E-state index < -0.39 is 0 Å². The van der Waals surface area contributed by atoms with E-state index in [1.54, 1.807) is 11.5 Å². The van der Waals surface area contributed by atoms with Crippen molar-refractivity contribution in [2.45, 2.75) is 19.3 Å². The fourth-order valence-electron chi connectivity index (χ4n) is 2.21. The minimum Gasteiger partial charge on any atom is -0.355 e. The molecule has 1 aliphatic heterocycles. The Morgan fingerprint density at radius 1 is 1.55 bits per heavy atom. The van der Waals surface area contributed by atoms with E-state index in [1.165, 1.54) is 0 Å². The van der Waals surface area contributed by atoms with Gasteiger partial charge in [0.25, 0.3) is 5.56 Å². The van der Waals surface area contributed by atoms with Crippen molar-refractivity contribution in [3.63, 3.8) is 0 Å². The first-order valence-electron chi connectivity index (χ1n) is 6.43. The van der Waals surface area contributed by atoms with E-state index in [0.29, 0.717) is 18.1 Å². The minimum absolute atomic E-state index is 0.0886. The first-order valence-corrected chi connectivity index (χ1v) is 6.95. The number of nitrogens with zero attached hydrogens (tertiary/aromatic N) is 3. The summed E-state index contributed by atoms with van der Waals surface area (Å²) in [5.41, 5.74) is 0.557. The van der Waals surface area contributed by atoms with Crippen molar-refractivity contribution in [2.75, 3.05) is 18.0 Å². The van der Waals surface area contributed by atoms with E-state index in [0.717, 1.165) is 31.5 Å². The van der Waals surface area contributed by atoms with Crippen LogP contribution in [0.25, 0.3) is 0 Å². The lowest BCUT2D eigenvalue weighted by molar-refractivity contribution is 0.873. The summed E-state index contributed by atoms with van der Waals surface area (Å²) in [4.78, 5) is 21.1. The quantitative estimate of drug-likeness (QED) is 0.654. The number of rotatable bonds is 4. The Morgan fingerprint density at radius 3 is 2.80 bits per heavy atom. The van der Waals surface area contributed by atoms with Gasteiger partial charge in [0.05, 0.1) is 0 Å². The lowest BCUT2D eigenvalue weighted by Crippen LogP contribution is -2.26. The summed E-state index contributed by atoms with van der Waals surface area (Å²) in [5.74, 6) is 1.02. The molecule has 1 aliphatic rings. The Hall–Kier alpha value is -2.00. The molecule has 0 saturated carbocycles. The van der Waals surface area contributed by atoms with Crippen LogP contribution in [0, 0.1) is 11.3 Å². The summed E-state index contributed by atoms with van der Waals surface area (Å²) in [6, 6.07) is 1.95. The second kappa shape index (κ2) is 6.44. The molecule has 0 atom stereocenters. The monoisotopic (exact) mass is 288 g/mol. The van der Waals surface area contributed by atoms with Crippen LogP contribution in [0.2, 0.25) is 0 Å². The molecular formula is C14H16N4OS. The number of hydrogen-bond donors (Lipinski definition) is 2. The molecule has 0 spiro atoms. The predicted octanol–water partition coefficient (Wildman–Crippen LogP) is 1.78. The zero-order valence-corrected chi connectivity index (χ0v) is 12.0. The molecule has 2 heterocycles. The van der Waals surface area contributed by atoms with Crippen LogP contribution in [-0.2, 0) is 6.42 Å². The highest BCUT2D eigenvalue weighted by Gasteiger charge is 2.20. The first-order chi connectivity index (χ1) is 9.69. The smallest absolute Gasteiger partial charge is 0.271 e. The number of aromatic nitrogens is 2. The maximum atomic E-state index is 12.0. The standard InChI is InChI=1S/C14H16N4OS/c1-2-10(9-20)7-12-16-13(18-5-3-4-6-18)11(8-15)14(19)17-12/h2,9,20H,1,3-7H2,(H,16,17,19)/b10-9+. The van der Waals surface area contributed by atoms with Crippen molar-refractivity contribution >= 4 is 18.4 Å². The molecule has 1 aromatic rings. The number of thiol groups is 1. The second-order valence-electron chi connectivity index (χ2n) is 4.60. The van der Waals surface area contributed by atoms with Gasteiger partial charge in [-0.1, -0.05) is 12.7 Å². The zero-order chi connectivity index (χ0) is 14.5. The Balaban J connectivity index is 2.44. The normalized spacial score (nSPS) is 15.2. The number of allylic oxidation sites excluding steroid dienone is 2. The van der Waals surface area contributed by atoms with Crippen molar-refractivity contribution in [1.82, 2.24) is 9.97 Å². The Bertz CT molecular complexity index is 636. The fourth-order valence-corrected chi connectivity index (χ4v) is 2.41. The van der Waals surface area contributed by atoms with Crippen LogP contribution >= 0.6 is 12.6 Å². The molecule has 104 valence electrons. The molecule has 1 N–H and O–H groups in total. The summed E-state index contributed by atoms with van der Waals surface area (Å²) in [7, 11) is 0. The third-order valence-corrected chi connectivity index (χ3v) is 3.60. The van der Waals surface area contributed by atoms with Crippen LogP contribution in [0.4, 0.5) is 5.82 Å². The number of hydrogen-bond acceptors (Lipinski definition) is 5. The van der Waals surface area contributed by atoms with E-state index in [2.05, 4.69) is 29.2 Å². The number of nitriles is 1. The highest BCUT2D eigenvalue weighted by molar-refractivity contribution is 7.83. The molecule has 0 unspecified atom stereocenters. The Labute approximate surface area is 123 Å². The molecule has 0 aliphatic carbocycles. The maximum Gasteiger partial charge on any atom is 0.271 e. The van der Waals surface area contributed by atoms with Crippen LogP contribution in [-0.4, -0.2) is 23.1 Å². The fraction of sp³-hybridized carbons (Fsp3) is 0.357. The molecule has 2 rings (SSSR count). The molecule has 0 radical (unpaired) electrons. The van der Waals surface area contributed by atoms with E-state index in [-0.39, 0.29) is 11.1 Å². The van der Waals surface area contributed by atoms with Gasteiger partial charge in [-0.05, 0) is 23.8 Å². The largest absolute Gasteiger partial charge is 0.355 e. The molecule has 1 aromatic heterocycles. The van der Waals surface area contributed by atoms with Crippen LogP contribution in [0.5, 0.6) is 0 Å². The van der Waals surface area contributed by atoms with Crippen molar-refractivity contribution in [2.24, 2.45) is 0 Å². The lowest BCUT2D eigenvalue weighted by atomic mass is 10.2. The van der Waals surface area contributed by atoms with Gasteiger partial charge in [0, 0.05) is 19.5 Å². The van der Waals surface area contributed by atoms with E-state index in [4.69, 9.17) is 5.26 Å². The van der Waals surface area contributed by atoms with Gasteiger partial charge in [0.15, 0.2) is 11.4 Å². The van der Waals surface area contributed by atoms with Crippen molar-refractivity contribution < 1.29 is 0 Å². The maximum absolute atomic E-state index is 12.0. The number of nitrogens with one attached hydrogen (secondary N) is 1. The van der Waals surface area contributed by atoms with Gasteiger partial charge in [-0.25, -0.2) is 4.98 Å². The van der Waals surface area contributed by atoms with Crippen molar-refractivity contribution in [3.05, 3.63) is 45.4 Å². The Kier molecular flexibility index (Phi) is 4.64. The molecule has 1 fully saturated rings. The summed E-state index contributed by atoms with van der Waals surface area (Å²) >= 11 is 4.09. The minimum atomic E-state index is -0.387. The van der Waals surface area contributed by atoms with Gasteiger partial charge in [-0.3, -0.25) is 4.79 Å². The van der Waals surface area contributed by atoms with Crippen molar-refractivity contribution in [3.8, 4) is 6.07 Å². The lowest BCUT2D eigenvalue weighted by Gasteiger charge is -2.18. The molecule has 0 aromatic carbocycles. The number of anilines is 1. The zero-order valence-electron chi connectivity index (χ0n) is 11.1. The van der Waals surface area contributed by atoms with Gasteiger partial charge < -0.3 is 9.88 Å². The Morgan fingerprint density at radius 2 is 2.25 bits per heavy atom. The van der Waals surface area contributed by atoms with Gasteiger partial charge >= 0.3 is 0 Å². The van der Waals surface area contributed by atoms with Gasteiger partial charge in [-0.15, -0.1) is 0 Å². The predicted molar refractivity (Wildman–Crippen MR) is 82.0 cm³/mol. The molecule has 20 heavy (non-hydrogen) atoms. The van der Waals surface area contributed by atoms with Gasteiger partial charge in [-0.2, -0.15) is 17.9 Å². The third-order valence-electron chi connectivity index (χ3n) is 3.27. The third kappa shape index (κ3) is 2.94. The number of aromatic amines is 1. The second-order valence-corrected chi connectivity index (χ2v) is 4.86. The highest BCUT2D eigenvalue weighted by atomic mass is 32.1. The molecule has 1 saturated heterocycles. The topological polar surface area (TPSA) is 72.8 Å². The van der Waals surface area contributed by atoms with E-state index in [9.17, 15) is 4.79 Å². The highest BCUT2D eigenvalue weighted by Crippen LogP contribution is 2.20. The van der Waals surface area contributed by atoms with Gasteiger partial charge in [0.1, 0.15) is 11.9 Å². The van der Waals surface area contributed by atoms with Crippen molar-refractivity contribution in [1.29, 1.82) is 5.26 Å². The summed E-state index contributed by atoms with van der Waals surface area (Å²) in [6.45, 7) is 5.35.